The molecule has 6 heteroatoms. The molecule has 23 heavy (non-hydrogen) atoms. The van der Waals surface area contributed by atoms with E-state index in [-0.39, 0.29) is 0 Å². The SMILES string of the molecule is CCCCCc1ncn2c1Cn1ncnc1-c1cc(Br)ccc1-2. The van der Waals surface area contributed by atoms with Crippen LogP contribution in [0.1, 0.15) is 37.6 Å². The van der Waals surface area contributed by atoms with Gasteiger partial charge < -0.3 is 4.57 Å². The Morgan fingerprint density at radius 2 is 2.13 bits per heavy atom. The molecule has 1 aliphatic rings. The molecule has 3 heterocycles. The second-order valence-corrected chi connectivity index (χ2v) is 6.78. The van der Waals surface area contributed by atoms with Crippen LogP contribution in [0.4, 0.5) is 0 Å². The molecule has 0 N–H and O–H groups in total. The fraction of sp³-hybridized carbons (Fsp3) is 0.353. The van der Waals surface area contributed by atoms with E-state index in [1.165, 1.54) is 30.7 Å². The summed E-state index contributed by atoms with van der Waals surface area (Å²) >= 11 is 3.56. The Labute approximate surface area is 143 Å². The molecule has 4 rings (SSSR count). The van der Waals surface area contributed by atoms with Crippen LogP contribution in [0.2, 0.25) is 0 Å². The average Bonchev–Trinajstić information content (AvgIpc) is 3.14. The van der Waals surface area contributed by atoms with Crippen molar-refractivity contribution in [3.8, 4) is 17.1 Å². The minimum atomic E-state index is 0.711. The molecule has 0 atom stereocenters. The van der Waals surface area contributed by atoms with Gasteiger partial charge in [0.05, 0.1) is 29.9 Å². The lowest BCUT2D eigenvalue weighted by Crippen LogP contribution is -2.07. The van der Waals surface area contributed by atoms with Crippen LogP contribution in [-0.4, -0.2) is 24.3 Å². The van der Waals surface area contributed by atoms with E-state index in [1.54, 1.807) is 6.33 Å². The van der Waals surface area contributed by atoms with E-state index in [1.807, 2.05) is 11.0 Å². The first-order valence-electron chi connectivity index (χ1n) is 8.01. The molecule has 3 aromatic rings. The van der Waals surface area contributed by atoms with Gasteiger partial charge in [0.15, 0.2) is 5.82 Å². The van der Waals surface area contributed by atoms with Crippen molar-refractivity contribution in [1.29, 1.82) is 0 Å². The number of hydrogen-bond acceptors (Lipinski definition) is 3. The van der Waals surface area contributed by atoms with Crippen molar-refractivity contribution < 1.29 is 0 Å². The Bertz CT molecular complexity index is 849. The summed E-state index contributed by atoms with van der Waals surface area (Å²) in [4.78, 5) is 9.14. The van der Waals surface area contributed by atoms with E-state index in [0.29, 0.717) is 6.54 Å². The molecule has 1 aromatic carbocycles. The van der Waals surface area contributed by atoms with E-state index in [0.717, 1.165) is 28.0 Å². The Morgan fingerprint density at radius 1 is 1.22 bits per heavy atom. The van der Waals surface area contributed by atoms with Gasteiger partial charge in [0, 0.05) is 10.0 Å². The third-order valence-electron chi connectivity index (χ3n) is 4.34. The van der Waals surface area contributed by atoms with Crippen LogP contribution in [0.25, 0.3) is 17.1 Å². The number of imidazole rings is 1. The Kier molecular flexibility index (Phi) is 3.77. The van der Waals surface area contributed by atoms with E-state index < -0.39 is 0 Å². The Hall–Kier alpha value is -1.95. The zero-order valence-electron chi connectivity index (χ0n) is 13.0. The summed E-state index contributed by atoms with van der Waals surface area (Å²) in [5, 5.41) is 4.41. The highest BCUT2D eigenvalue weighted by Gasteiger charge is 2.23. The zero-order valence-corrected chi connectivity index (χ0v) is 14.6. The molecule has 118 valence electrons. The smallest absolute Gasteiger partial charge is 0.160 e. The molecule has 0 bridgehead atoms. The number of hydrogen-bond donors (Lipinski definition) is 0. The predicted octanol–water partition coefficient (Wildman–Crippen LogP) is 3.99. The molecule has 0 aliphatic carbocycles. The van der Waals surface area contributed by atoms with Gasteiger partial charge in [-0.3, -0.25) is 0 Å². The van der Waals surface area contributed by atoms with Crippen molar-refractivity contribution in [3.63, 3.8) is 0 Å². The standard InChI is InChI=1S/C17H18BrN5/c1-2-3-4-5-14-16-9-23-17(19-10-21-23)13-8-12(18)6-7-15(13)22(16)11-20-14/h6-8,10-11H,2-5,9H2,1H3. The van der Waals surface area contributed by atoms with Crippen molar-refractivity contribution in [2.24, 2.45) is 0 Å². The number of rotatable bonds is 4. The largest absolute Gasteiger partial charge is 0.300 e. The topological polar surface area (TPSA) is 48.5 Å². The first kappa shape index (κ1) is 14.6. The van der Waals surface area contributed by atoms with Crippen LogP contribution in [0.3, 0.4) is 0 Å². The molecule has 0 amide bonds. The highest BCUT2D eigenvalue weighted by Crippen LogP contribution is 2.33. The maximum absolute atomic E-state index is 4.68. The normalized spacial score (nSPS) is 12.4. The molecule has 0 fully saturated rings. The van der Waals surface area contributed by atoms with Crippen LogP contribution in [0, 0.1) is 0 Å². The summed E-state index contributed by atoms with van der Waals surface area (Å²) in [5.41, 5.74) is 4.59. The second kappa shape index (κ2) is 5.92. The molecule has 0 spiro atoms. The van der Waals surface area contributed by atoms with E-state index in [2.05, 4.69) is 60.7 Å². The third-order valence-corrected chi connectivity index (χ3v) is 4.84. The second-order valence-electron chi connectivity index (χ2n) is 5.87. The molecule has 5 nitrogen and oxygen atoms in total. The van der Waals surface area contributed by atoms with Crippen molar-refractivity contribution in [2.75, 3.05) is 0 Å². The number of unbranched alkanes of at least 4 members (excludes halogenated alkanes) is 2. The third kappa shape index (κ3) is 2.51. The lowest BCUT2D eigenvalue weighted by molar-refractivity contribution is 0.657. The monoisotopic (exact) mass is 371 g/mol. The minimum Gasteiger partial charge on any atom is -0.300 e. The van der Waals surface area contributed by atoms with Gasteiger partial charge in [0.25, 0.3) is 0 Å². The maximum atomic E-state index is 4.68. The van der Waals surface area contributed by atoms with Crippen LogP contribution in [0.5, 0.6) is 0 Å². The fourth-order valence-corrected chi connectivity index (χ4v) is 3.53. The van der Waals surface area contributed by atoms with E-state index >= 15 is 0 Å². The van der Waals surface area contributed by atoms with Gasteiger partial charge in [-0.15, -0.1) is 0 Å². The number of fused-ring (bicyclic) bond motifs is 5. The lowest BCUT2D eigenvalue weighted by Gasteiger charge is -2.09. The van der Waals surface area contributed by atoms with Crippen LogP contribution in [0.15, 0.2) is 35.3 Å². The molecule has 0 radical (unpaired) electrons. The summed E-state index contributed by atoms with van der Waals surface area (Å²) in [6.45, 7) is 2.94. The van der Waals surface area contributed by atoms with Gasteiger partial charge in [0.2, 0.25) is 0 Å². The van der Waals surface area contributed by atoms with Gasteiger partial charge in [-0.2, -0.15) is 5.10 Å². The van der Waals surface area contributed by atoms with Gasteiger partial charge in [0.1, 0.15) is 6.33 Å². The summed E-state index contributed by atoms with van der Waals surface area (Å²) in [6.07, 6.45) is 8.23. The molecule has 0 saturated heterocycles. The first-order chi connectivity index (χ1) is 11.3. The van der Waals surface area contributed by atoms with Crippen molar-refractivity contribution in [3.05, 3.63) is 46.7 Å². The molecule has 0 saturated carbocycles. The number of nitrogens with zero attached hydrogens (tertiary/aromatic N) is 5. The van der Waals surface area contributed by atoms with Gasteiger partial charge in [-0.25, -0.2) is 14.6 Å². The number of halogens is 1. The molecule has 1 aliphatic heterocycles. The summed E-state index contributed by atoms with van der Waals surface area (Å²) in [5.74, 6) is 0.907. The van der Waals surface area contributed by atoms with E-state index in [4.69, 9.17) is 0 Å². The highest BCUT2D eigenvalue weighted by molar-refractivity contribution is 9.10. The Balaban J connectivity index is 1.85. The van der Waals surface area contributed by atoms with E-state index in [9.17, 15) is 0 Å². The predicted molar refractivity (Wildman–Crippen MR) is 92.6 cm³/mol. The fourth-order valence-electron chi connectivity index (χ4n) is 3.16. The van der Waals surface area contributed by atoms with Crippen LogP contribution >= 0.6 is 15.9 Å². The first-order valence-corrected chi connectivity index (χ1v) is 8.80. The number of aromatic nitrogens is 5. The molecular weight excluding hydrogens is 354 g/mol. The van der Waals surface area contributed by atoms with Crippen molar-refractivity contribution in [2.45, 2.75) is 39.2 Å². The van der Waals surface area contributed by atoms with Gasteiger partial charge >= 0.3 is 0 Å². The minimum absolute atomic E-state index is 0.711. The van der Waals surface area contributed by atoms with Crippen molar-refractivity contribution >= 4 is 15.9 Å². The van der Waals surface area contributed by atoms with Crippen molar-refractivity contribution in [1.82, 2.24) is 24.3 Å². The van der Waals surface area contributed by atoms with Gasteiger partial charge in [-0.1, -0.05) is 35.7 Å². The summed E-state index contributed by atoms with van der Waals surface area (Å²) in [7, 11) is 0. The summed E-state index contributed by atoms with van der Waals surface area (Å²) in [6, 6.07) is 6.28. The molecule has 0 unspecified atom stereocenters. The lowest BCUT2D eigenvalue weighted by atomic mass is 10.1. The number of benzene rings is 1. The quantitative estimate of drug-likeness (QED) is 0.509. The van der Waals surface area contributed by atoms with Crippen LogP contribution < -0.4 is 0 Å². The van der Waals surface area contributed by atoms with Crippen LogP contribution in [-0.2, 0) is 13.0 Å². The van der Waals surface area contributed by atoms with Gasteiger partial charge in [-0.05, 0) is 31.0 Å². The zero-order chi connectivity index (χ0) is 15.8. The summed E-state index contributed by atoms with van der Waals surface area (Å²) < 4.78 is 5.20. The molecule has 2 aromatic heterocycles. The average molecular weight is 372 g/mol. The number of aryl methyl sites for hydroxylation is 1. The highest BCUT2D eigenvalue weighted by atomic mass is 79.9. The molecular formula is C17H18BrN5. The Morgan fingerprint density at radius 3 is 3.00 bits per heavy atom. The maximum Gasteiger partial charge on any atom is 0.160 e.